The maximum atomic E-state index is 6.47. The standard InChI is InChI=1S/ClHO.2ClH/c1-2;;/h2H;2*1H. The van der Waals surface area contributed by atoms with Gasteiger partial charge in [0.15, 0.2) is 0 Å². The predicted octanol–water partition coefficient (Wildman–Crippen LogP) is 0.976. The molecule has 1 N–H and O–H groups in total. The summed E-state index contributed by atoms with van der Waals surface area (Å²) in [6.45, 7) is 0. The van der Waals surface area contributed by atoms with Gasteiger partial charge in [0, 0.05) is 0 Å². The van der Waals surface area contributed by atoms with E-state index in [1.54, 1.807) is 0 Å². The van der Waals surface area contributed by atoms with Gasteiger partial charge in [-0.3, -0.25) is 4.66 Å². The number of hydrogen-bond donors (Lipinski definition) is 1. The van der Waals surface area contributed by atoms with Crippen molar-refractivity contribution >= 4 is 36.7 Å². The molecule has 0 bridgehead atoms. The Bertz CT molecular complexity index is 3.25. The summed E-state index contributed by atoms with van der Waals surface area (Å²) in [5.41, 5.74) is 0. The molecule has 0 fully saturated rings. The van der Waals surface area contributed by atoms with Gasteiger partial charge in [-0.2, -0.15) is 0 Å². The van der Waals surface area contributed by atoms with Gasteiger partial charge in [0.25, 0.3) is 0 Å². The van der Waals surface area contributed by atoms with Gasteiger partial charge in [0.05, 0.1) is 11.9 Å². The summed E-state index contributed by atoms with van der Waals surface area (Å²) in [5, 5.41) is 0. The number of rotatable bonds is 0. The van der Waals surface area contributed by atoms with Crippen LogP contribution < -0.4 is 0 Å². The molecule has 0 saturated heterocycles. The van der Waals surface area contributed by atoms with Crippen molar-refractivity contribution in [3.8, 4) is 0 Å². The lowest BCUT2D eigenvalue weighted by atomic mass is 15.9. The van der Waals surface area contributed by atoms with Crippen LogP contribution in [0.15, 0.2) is 0 Å². The molecule has 4 heavy (non-hydrogen) atoms. The molecule has 0 aromatic carbocycles. The third-order valence-electron chi connectivity index (χ3n) is 0. The first-order valence-corrected chi connectivity index (χ1v) is 0.507. The maximum Gasteiger partial charge on any atom is 0.0579 e. The first-order chi connectivity index (χ1) is 1.00. The second kappa shape index (κ2) is 44.5. The quantitative estimate of drug-likeness (QED) is 0.512. The Morgan fingerprint density at radius 3 is 1.00 bits per heavy atom. The molecule has 0 unspecified atom stereocenters. The maximum absolute atomic E-state index is 6.47. The van der Waals surface area contributed by atoms with Crippen molar-refractivity contribution in [2.45, 2.75) is 0 Å². The Hall–Kier alpha value is 0.830. The van der Waals surface area contributed by atoms with Crippen LogP contribution in [-0.2, 0) is 0 Å². The zero-order valence-electron chi connectivity index (χ0n) is 1.64. The van der Waals surface area contributed by atoms with Crippen LogP contribution in [0, 0.1) is 0 Å². The Labute approximate surface area is 42.0 Å². The van der Waals surface area contributed by atoms with E-state index >= 15 is 0 Å². The van der Waals surface area contributed by atoms with Gasteiger partial charge >= 0.3 is 0 Å². The monoisotopic (exact) mass is 124 g/mol. The minimum Gasteiger partial charge on any atom is -0.295 e. The summed E-state index contributed by atoms with van der Waals surface area (Å²) in [4.78, 5) is 0. The normalized spacial score (nSPS) is 1.50. The molecule has 0 saturated carbocycles. The summed E-state index contributed by atoms with van der Waals surface area (Å²) >= 11 is 3.64. The highest BCUT2D eigenvalue weighted by Gasteiger charge is 0.897. The Kier molecular flexibility index (Phi) is 236. The van der Waals surface area contributed by atoms with Gasteiger partial charge in [-0.15, -0.1) is 24.8 Å². The zero-order valence-corrected chi connectivity index (χ0v) is 4.03. The SMILES string of the molecule is Cl.Cl.OCl. The van der Waals surface area contributed by atoms with Gasteiger partial charge in [0.2, 0.25) is 0 Å². The molecule has 0 amide bonds. The topological polar surface area (TPSA) is 20.2 Å². The first-order valence-electron chi connectivity index (χ1n) is 0.169. The summed E-state index contributed by atoms with van der Waals surface area (Å²) < 4.78 is 6.47. The number of hydrogen-bond acceptors (Lipinski definition) is 1. The average molecular weight is 125 g/mol. The molecule has 30 valence electrons. The molecule has 0 aromatic rings. The molecule has 4 heteroatoms. The van der Waals surface area contributed by atoms with Crippen LogP contribution >= 0.6 is 36.7 Å². The Balaban J connectivity index is -0.00000000500. The second-order valence-electron chi connectivity index (χ2n) is 0. The summed E-state index contributed by atoms with van der Waals surface area (Å²) in [6.07, 6.45) is 0. The van der Waals surface area contributed by atoms with E-state index in [4.69, 9.17) is 4.66 Å². The Morgan fingerprint density at radius 1 is 1.00 bits per heavy atom. The predicted molar refractivity (Wildman–Crippen MR) is 22.6 cm³/mol. The van der Waals surface area contributed by atoms with Crippen LogP contribution in [-0.4, -0.2) is 4.66 Å². The van der Waals surface area contributed by atoms with Crippen molar-refractivity contribution < 1.29 is 4.66 Å². The van der Waals surface area contributed by atoms with Gasteiger partial charge in [-0.1, -0.05) is 0 Å². The van der Waals surface area contributed by atoms with Gasteiger partial charge in [-0.25, -0.2) is 0 Å². The minimum absolute atomic E-state index is 0. The van der Waals surface area contributed by atoms with E-state index in [2.05, 4.69) is 11.9 Å². The molecule has 0 spiro atoms. The molecule has 0 rings (SSSR count). The van der Waals surface area contributed by atoms with E-state index in [0.29, 0.717) is 0 Å². The van der Waals surface area contributed by atoms with Gasteiger partial charge < -0.3 is 0 Å². The second-order valence-corrected chi connectivity index (χ2v) is 0. The molecule has 0 radical (unpaired) electrons. The summed E-state index contributed by atoms with van der Waals surface area (Å²) in [6, 6.07) is 0. The highest BCUT2D eigenvalue weighted by Crippen LogP contribution is 1.31. The lowest BCUT2D eigenvalue weighted by Gasteiger charge is -1.13. The van der Waals surface area contributed by atoms with Crippen molar-refractivity contribution in [1.82, 2.24) is 0 Å². The van der Waals surface area contributed by atoms with Crippen LogP contribution in [0.5, 0.6) is 0 Å². The largest absolute Gasteiger partial charge is 0.295 e. The van der Waals surface area contributed by atoms with Crippen LogP contribution in [0.1, 0.15) is 0 Å². The molecule has 0 heterocycles. The van der Waals surface area contributed by atoms with Crippen molar-refractivity contribution in [3.63, 3.8) is 0 Å². The van der Waals surface area contributed by atoms with E-state index in [1.165, 1.54) is 0 Å². The lowest BCUT2D eigenvalue weighted by Crippen LogP contribution is -0.913. The van der Waals surface area contributed by atoms with Gasteiger partial charge in [-0.05, 0) is 0 Å². The molecule has 1 nitrogen and oxygen atoms in total. The van der Waals surface area contributed by atoms with E-state index in [0.717, 1.165) is 0 Å². The fraction of sp³-hybridized carbons (Fsp3) is 0. The molecule has 0 aliphatic carbocycles. The van der Waals surface area contributed by atoms with Crippen molar-refractivity contribution in [3.05, 3.63) is 0 Å². The van der Waals surface area contributed by atoms with E-state index in [1.807, 2.05) is 0 Å². The van der Waals surface area contributed by atoms with E-state index in [9.17, 15) is 0 Å². The highest BCUT2D eigenvalue weighted by atomic mass is 35.5. The molecule has 0 aromatic heterocycles. The fourth-order valence-corrected chi connectivity index (χ4v) is 0. The van der Waals surface area contributed by atoms with Crippen LogP contribution in [0.25, 0.3) is 0 Å². The van der Waals surface area contributed by atoms with E-state index in [-0.39, 0.29) is 24.8 Å². The third kappa shape index (κ3) is 13.8. The summed E-state index contributed by atoms with van der Waals surface area (Å²) in [5.74, 6) is 0. The smallest absolute Gasteiger partial charge is 0.0579 e. The Morgan fingerprint density at radius 2 is 1.00 bits per heavy atom. The van der Waals surface area contributed by atoms with Crippen LogP contribution in [0.2, 0.25) is 0 Å². The fourth-order valence-electron chi connectivity index (χ4n) is 0. The lowest BCUT2D eigenvalue weighted by molar-refractivity contribution is 0.632. The van der Waals surface area contributed by atoms with Crippen molar-refractivity contribution in [1.29, 1.82) is 0 Å². The van der Waals surface area contributed by atoms with E-state index < -0.39 is 0 Å². The molecular weight excluding hydrogens is 122 g/mol. The van der Waals surface area contributed by atoms with Crippen LogP contribution in [0.4, 0.5) is 0 Å². The minimum atomic E-state index is 0. The third-order valence-corrected chi connectivity index (χ3v) is 0. The molecule has 0 aliphatic heterocycles. The average Bonchev–Trinajstić information content (AvgIpc) is 1.00. The first kappa shape index (κ1) is 21.2. The van der Waals surface area contributed by atoms with Crippen molar-refractivity contribution in [2.75, 3.05) is 0 Å². The van der Waals surface area contributed by atoms with Gasteiger partial charge in [0.1, 0.15) is 0 Å². The zero-order chi connectivity index (χ0) is 2.00. The number of halogens is 3. The molecule has 0 aliphatic rings. The molecule has 0 atom stereocenters. The summed E-state index contributed by atoms with van der Waals surface area (Å²) in [7, 11) is 0. The van der Waals surface area contributed by atoms with Crippen LogP contribution in [0.3, 0.4) is 0 Å². The molecular formula is H3Cl3O. The van der Waals surface area contributed by atoms with Crippen molar-refractivity contribution in [2.24, 2.45) is 0 Å². The highest BCUT2D eigenvalue weighted by molar-refractivity contribution is 6.04.